The molecule has 3 N–H and O–H groups in total. The van der Waals surface area contributed by atoms with E-state index in [0.717, 1.165) is 5.56 Å². The second-order valence-corrected chi connectivity index (χ2v) is 5.38. The van der Waals surface area contributed by atoms with Gasteiger partial charge >= 0.3 is 5.97 Å². The van der Waals surface area contributed by atoms with Gasteiger partial charge in [-0.3, -0.25) is 0 Å². The lowest BCUT2D eigenvalue weighted by Crippen LogP contribution is -2.00. The van der Waals surface area contributed by atoms with E-state index in [4.69, 9.17) is 16.7 Å². The lowest BCUT2D eigenvalue weighted by molar-refractivity contribution is 0.0691. The Morgan fingerprint density at radius 1 is 1.17 bits per heavy atom. The zero-order valence-corrected chi connectivity index (χ0v) is 12.4. The Balaban J connectivity index is 1.92. The van der Waals surface area contributed by atoms with Crippen molar-refractivity contribution in [1.29, 1.82) is 0 Å². The van der Waals surface area contributed by atoms with Crippen molar-refractivity contribution in [3.63, 3.8) is 0 Å². The van der Waals surface area contributed by atoms with Crippen LogP contribution in [0.3, 0.4) is 0 Å². The van der Waals surface area contributed by atoms with Crippen molar-refractivity contribution in [3.8, 4) is 0 Å². The lowest BCUT2D eigenvalue weighted by atomic mass is 10.1. The van der Waals surface area contributed by atoms with E-state index < -0.39 is 17.6 Å². The molecular formula is C16H11ClF2N2O2. The van der Waals surface area contributed by atoms with Crippen molar-refractivity contribution in [2.24, 2.45) is 0 Å². The first-order chi connectivity index (χ1) is 11.0. The van der Waals surface area contributed by atoms with Crippen LogP contribution in [-0.2, 0) is 6.54 Å². The van der Waals surface area contributed by atoms with Gasteiger partial charge in [-0.2, -0.15) is 0 Å². The molecule has 0 amide bonds. The van der Waals surface area contributed by atoms with Crippen LogP contribution >= 0.6 is 11.6 Å². The molecule has 0 unspecified atom stereocenters. The number of anilines is 1. The predicted molar refractivity (Wildman–Crippen MR) is 84.0 cm³/mol. The van der Waals surface area contributed by atoms with Crippen molar-refractivity contribution in [2.75, 3.05) is 5.32 Å². The van der Waals surface area contributed by atoms with Gasteiger partial charge in [-0.05, 0) is 35.9 Å². The number of hydrogen-bond donors (Lipinski definition) is 3. The standard InChI is InChI=1S/C16H11ClF2N2O2/c17-10-5-8(1-2-11(10)18)7-20-13-4-3-12(19)15-9(13)6-14(21-15)16(22)23/h1-6,20-21H,7H2,(H,22,23). The first-order valence-corrected chi connectivity index (χ1v) is 7.06. The summed E-state index contributed by atoms with van der Waals surface area (Å²) in [6.07, 6.45) is 0. The van der Waals surface area contributed by atoms with Crippen LogP contribution < -0.4 is 5.32 Å². The monoisotopic (exact) mass is 336 g/mol. The Hall–Kier alpha value is -2.60. The number of hydrogen-bond acceptors (Lipinski definition) is 2. The smallest absolute Gasteiger partial charge is 0.352 e. The fourth-order valence-corrected chi connectivity index (χ4v) is 2.50. The third kappa shape index (κ3) is 2.98. The van der Waals surface area contributed by atoms with E-state index in [0.29, 0.717) is 17.6 Å². The van der Waals surface area contributed by atoms with E-state index in [2.05, 4.69) is 10.3 Å². The second kappa shape index (κ2) is 5.89. The third-order valence-electron chi connectivity index (χ3n) is 3.44. The maximum atomic E-state index is 13.8. The van der Waals surface area contributed by atoms with Crippen molar-refractivity contribution in [3.05, 3.63) is 64.3 Å². The van der Waals surface area contributed by atoms with Crippen molar-refractivity contribution >= 4 is 34.2 Å². The zero-order chi connectivity index (χ0) is 16.6. The number of rotatable bonds is 4. The highest BCUT2D eigenvalue weighted by Crippen LogP contribution is 2.27. The Morgan fingerprint density at radius 3 is 2.61 bits per heavy atom. The quantitative estimate of drug-likeness (QED) is 0.661. The molecule has 0 aliphatic heterocycles. The van der Waals surface area contributed by atoms with E-state index in [1.165, 1.54) is 30.3 Å². The van der Waals surface area contributed by atoms with Gasteiger partial charge in [0.2, 0.25) is 0 Å². The minimum absolute atomic E-state index is 0.0170. The molecule has 0 radical (unpaired) electrons. The molecule has 0 aliphatic carbocycles. The molecule has 0 fully saturated rings. The fraction of sp³-hybridized carbons (Fsp3) is 0.0625. The molecule has 4 nitrogen and oxygen atoms in total. The van der Waals surface area contributed by atoms with Gasteiger partial charge in [0, 0.05) is 17.6 Å². The Kier molecular flexibility index (Phi) is 3.92. The number of carboxylic acids is 1. The number of fused-ring (bicyclic) bond motifs is 1. The van der Waals surface area contributed by atoms with E-state index in [1.807, 2.05) is 0 Å². The van der Waals surface area contributed by atoms with E-state index in [-0.39, 0.29) is 16.2 Å². The molecule has 2 aromatic carbocycles. The number of nitrogens with one attached hydrogen (secondary N) is 2. The Bertz CT molecular complexity index is 908. The molecule has 1 heterocycles. The summed E-state index contributed by atoms with van der Waals surface area (Å²) < 4.78 is 26.9. The molecule has 0 atom stereocenters. The van der Waals surface area contributed by atoms with Crippen LogP contribution in [0, 0.1) is 11.6 Å². The molecule has 0 aliphatic rings. The number of aromatic carboxylic acids is 1. The number of carboxylic acid groups (broad SMARTS) is 1. The molecule has 0 spiro atoms. The highest BCUT2D eigenvalue weighted by molar-refractivity contribution is 6.30. The molecule has 23 heavy (non-hydrogen) atoms. The topological polar surface area (TPSA) is 65.1 Å². The molecule has 118 valence electrons. The maximum absolute atomic E-state index is 13.8. The SMILES string of the molecule is O=C(O)c1cc2c(NCc3ccc(F)c(Cl)c3)ccc(F)c2[nH]1. The number of aromatic amines is 1. The van der Waals surface area contributed by atoms with Gasteiger partial charge in [-0.25, -0.2) is 13.6 Å². The summed E-state index contributed by atoms with van der Waals surface area (Å²) in [6.45, 7) is 0.328. The number of H-pyrrole nitrogens is 1. The number of halogens is 3. The summed E-state index contributed by atoms with van der Waals surface area (Å²) in [5.74, 6) is -2.21. The van der Waals surface area contributed by atoms with Crippen LogP contribution in [0.4, 0.5) is 14.5 Å². The zero-order valence-electron chi connectivity index (χ0n) is 11.7. The Labute approximate surface area is 134 Å². The summed E-state index contributed by atoms with van der Waals surface area (Å²) in [7, 11) is 0. The molecule has 0 bridgehead atoms. The van der Waals surface area contributed by atoms with Crippen LogP contribution in [0.25, 0.3) is 10.9 Å². The second-order valence-electron chi connectivity index (χ2n) is 4.97. The average Bonchev–Trinajstić information content (AvgIpc) is 2.96. The lowest BCUT2D eigenvalue weighted by Gasteiger charge is -2.09. The summed E-state index contributed by atoms with van der Waals surface area (Å²) in [5, 5.41) is 12.5. The van der Waals surface area contributed by atoms with Crippen LogP contribution in [0.1, 0.15) is 16.1 Å². The maximum Gasteiger partial charge on any atom is 0.352 e. The van der Waals surface area contributed by atoms with Crippen LogP contribution in [0.5, 0.6) is 0 Å². The summed E-state index contributed by atoms with van der Waals surface area (Å²) in [4.78, 5) is 13.6. The molecule has 7 heteroatoms. The van der Waals surface area contributed by atoms with Gasteiger partial charge in [0.25, 0.3) is 0 Å². The fourth-order valence-electron chi connectivity index (χ4n) is 2.30. The van der Waals surface area contributed by atoms with Gasteiger partial charge < -0.3 is 15.4 Å². The minimum Gasteiger partial charge on any atom is -0.477 e. The minimum atomic E-state index is -1.17. The third-order valence-corrected chi connectivity index (χ3v) is 3.73. The summed E-state index contributed by atoms with van der Waals surface area (Å²) in [6, 6.07) is 8.45. The van der Waals surface area contributed by atoms with E-state index >= 15 is 0 Å². The van der Waals surface area contributed by atoms with Crippen molar-refractivity contribution in [2.45, 2.75) is 6.54 Å². The molecule has 3 aromatic rings. The summed E-state index contributed by atoms with van der Waals surface area (Å²) >= 11 is 5.73. The largest absolute Gasteiger partial charge is 0.477 e. The average molecular weight is 337 g/mol. The van der Waals surface area contributed by atoms with Gasteiger partial charge in [0.1, 0.15) is 17.3 Å². The normalized spacial score (nSPS) is 10.9. The molecule has 3 rings (SSSR count). The van der Waals surface area contributed by atoms with Gasteiger partial charge in [0.05, 0.1) is 10.5 Å². The molecule has 0 saturated carbocycles. The highest BCUT2D eigenvalue weighted by Gasteiger charge is 2.13. The molecule has 1 aromatic heterocycles. The first-order valence-electron chi connectivity index (χ1n) is 6.68. The summed E-state index contributed by atoms with van der Waals surface area (Å²) in [5.41, 5.74) is 1.32. The van der Waals surface area contributed by atoms with Gasteiger partial charge in [-0.1, -0.05) is 17.7 Å². The van der Waals surface area contributed by atoms with Crippen molar-refractivity contribution < 1.29 is 18.7 Å². The van der Waals surface area contributed by atoms with Gasteiger partial charge in [0.15, 0.2) is 0 Å². The number of benzene rings is 2. The highest BCUT2D eigenvalue weighted by atomic mass is 35.5. The predicted octanol–water partition coefficient (Wildman–Crippen LogP) is 4.41. The van der Waals surface area contributed by atoms with E-state index in [9.17, 15) is 13.6 Å². The number of aromatic nitrogens is 1. The van der Waals surface area contributed by atoms with Crippen LogP contribution in [0.2, 0.25) is 5.02 Å². The first kappa shape index (κ1) is 15.3. The van der Waals surface area contributed by atoms with Crippen LogP contribution in [-0.4, -0.2) is 16.1 Å². The van der Waals surface area contributed by atoms with E-state index in [1.54, 1.807) is 6.07 Å². The van der Waals surface area contributed by atoms with Crippen LogP contribution in [0.15, 0.2) is 36.4 Å². The van der Waals surface area contributed by atoms with Gasteiger partial charge in [-0.15, -0.1) is 0 Å². The van der Waals surface area contributed by atoms with Crippen molar-refractivity contribution in [1.82, 2.24) is 4.98 Å². The molecule has 0 saturated heterocycles. The Morgan fingerprint density at radius 2 is 1.91 bits per heavy atom. The number of carbonyl (C=O) groups is 1. The molecular weight excluding hydrogens is 326 g/mol.